The fraction of sp³-hybridized carbons (Fsp3) is 1.00. The molecule has 16 heavy (non-hydrogen) atoms. The van der Waals surface area contributed by atoms with Crippen LogP contribution in [0.25, 0.3) is 0 Å². The molecular formula is C8H18F3O3PS. The van der Waals surface area contributed by atoms with Gasteiger partial charge in [0, 0.05) is 13.9 Å². The van der Waals surface area contributed by atoms with E-state index in [9.17, 15) is 13.2 Å². The lowest BCUT2D eigenvalue weighted by Gasteiger charge is -2.16. The van der Waals surface area contributed by atoms with Crippen LogP contribution in [0.2, 0.25) is 0 Å². The van der Waals surface area contributed by atoms with Crippen LogP contribution in [0.1, 0.15) is 20.8 Å². The van der Waals surface area contributed by atoms with E-state index < -0.39 is 22.9 Å². The lowest BCUT2D eigenvalue weighted by Crippen LogP contribution is -2.21. The van der Waals surface area contributed by atoms with Crippen molar-refractivity contribution < 1.29 is 26.1 Å². The Morgan fingerprint density at radius 3 is 1.25 bits per heavy atom. The second-order valence-electron chi connectivity index (χ2n) is 3.47. The van der Waals surface area contributed by atoms with Gasteiger partial charge < -0.3 is 4.55 Å². The molecule has 0 atom stereocenters. The first kappa shape index (κ1) is 18.5. The fourth-order valence-corrected chi connectivity index (χ4v) is 2.01. The van der Waals surface area contributed by atoms with E-state index in [1.807, 2.05) is 0 Å². The number of halogens is 3. The van der Waals surface area contributed by atoms with Gasteiger partial charge in [0.2, 0.25) is 0 Å². The molecule has 0 heterocycles. The van der Waals surface area contributed by atoms with Gasteiger partial charge in [0.15, 0.2) is 10.1 Å². The van der Waals surface area contributed by atoms with Crippen molar-refractivity contribution in [2.24, 2.45) is 0 Å². The molecule has 100 valence electrons. The largest absolute Gasteiger partial charge is 0.741 e. The van der Waals surface area contributed by atoms with Crippen molar-refractivity contribution in [1.29, 1.82) is 0 Å². The van der Waals surface area contributed by atoms with Gasteiger partial charge in [-0.1, -0.05) is 0 Å². The molecule has 0 saturated heterocycles. The van der Waals surface area contributed by atoms with Crippen molar-refractivity contribution in [1.82, 2.24) is 0 Å². The van der Waals surface area contributed by atoms with Crippen LogP contribution in [0.15, 0.2) is 0 Å². The maximum atomic E-state index is 10.7. The zero-order chi connectivity index (χ0) is 13.6. The molecule has 0 amide bonds. The van der Waals surface area contributed by atoms with Crippen LogP contribution in [0.4, 0.5) is 13.2 Å². The van der Waals surface area contributed by atoms with E-state index in [4.69, 9.17) is 13.0 Å². The molecule has 0 aliphatic rings. The van der Waals surface area contributed by atoms with Gasteiger partial charge in [0.1, 0.15) is 0 Å². The van der Waals surface area contributed by atoms with Gasteiger partial charge >= 0.3 is 5.51 Å². The summed E-state index contributed by atoms with van der Waals surface area (Å²) < 4.78 is 58.9. The van der Waals surface area contributed by atoms with Crippen LogP contribution < -0.4 is 0 Å². The van der Waals surface area contributed by atoms with Crippen molar-refractivity contribution in [2.45, 2.75) is 26.3 Å². The van der Waals surface area contributed by atoms with Crippen molar-refractivity contribution in [2.75, 3.05) is 25.2 Å². The van der Waals surface area contributed by atoms with Crippen LogP contribution in [0.3, 0.4) is 0 Å². The van der Waals surface area contributed by atoms with Crippen LogP contribution in [0, 0.1) is 0 Å². The summed E-state index contributed by atoms with van der Waals surface area (Å²) in [5.41, 5.74) is -5.65. The zero-order valence-corrected chi connectivity index (χ0v) is 11.5. The minimum atomic E-state index is -6.09. The third-order valence-corrected chi connectivity index (χ3v) is 7.72. The second kappa shape index (κ2) is 6.77. The molecule has 0 saturated carbocycles. The molecule has 0 bridgehead atoms. The highest BCUT2D eigenvalue weighted by molar-refractivity contribution is 7.86. The van der Waals surface area contributed by atoms with Crippen molar-refractivity contribution in [3.05, 3.63) is 0 Å². The molecule has 0 aromatic rings. The maximum absolute atomic E-state index is 10.7. The lowest BCUT2D eigenvalue weighted by atomic mass is 10.9. The third kappa shape index (κ3) is 7.41. The molecule has 0 unspecified atom stereocenters. The Morgan fingerprint density at radius 2 is 1.25 bits per heavy atom. The average molecular weight is 282 g/mol. The van der Waals surface area contributed by atoms with Crippen molar-refractivity contribution in [3.8, 4) is 0 Å². The smallest absolute Gasteiger partial charge is 0.485 e. The van der Waals surface area contributed by atoms with Gasteiger partial charge in [-0.15, -0.1) is 0 Å². The van der Waals surface area contributed by atoms with Crippen LogP contribution in [-0.4, -0.2) is 43.6 Å². The lowest BCUT2D eigenvalue weighted by molar-refractivity contribution is -0.0517. The second-order valence-corrected chi connectivity index (χ2v) is 9.98. The van der Waals surface area contributed by atoms with Gasteiger partial charge in [-0.05, 0) is 20.8 Å². The Balaban J connectivity index is 0. The highest BCUT2D eigenvalue weighted by Gasteiger charge is 2.36. The third-order valence-electron chi connectivity index (χ3n) is 2.57. The molecular weight excluding hydrogens is 264 g/mol. The number of alkyl halides is 3. The number of rotatable bonds is 3. The standard InChI is InChI=1S/C7H18P.CHF3O3S/c1-5-8(4,6-2)7-3;2-1(3,4)8(5,6)7/h5-7H2,1-4H3;(H,5,6,7)/q+1;/p-1. The molecule has 8 heteroatoms. The van der Waals surface area contributed by atoms with Gasteiger partial charge in [-0.2, -0.15) is 13.2 Å². The van der Waals surface area contributed by atoms with Crippen molar-refractivity contribution >= 4 is 17.4 Å². The maximum Gasteiger partial charge on any atom is 0.485 e. The Morgan fingerprint density at radius 1 is 1.06 bits per heavy atom. The Hall–Kier alpha value is 0.130. The van der Waals surface area contributed by atoms with Crippen LogP contribution in [0.5, 0.6) is 0 Å². The molecule has 0 aromatic carbocycles. The minimum absolute atomic E-state index is 0.412. The highest BCUT2D eigenvalue weighted by Crippen LogP contribution is 2.53. The monoisotopic (exact) mass is 282 g/mol. The Bertz CT molecular complexity index is 275. The molecule has 0 aliphatic carbocycles. The first-order chi connectivity index (χ1) is 6.93. The Labute approximate surface area is 95.5 Å². The molecule has 0 radical (unpaired) electrons. The van der Waals surface area contributed by atoms with Gasteiger partial charge in [0.25, 0.3) is 0 Å². The quantitative estimate of drug-likeness (QED) is 0.454. The summed E-state index contributed by atoms with van der Waals surface area (Å²) in [7, 11) is -6.50. The predicted octanol–water partition coefficient (Wildman–Crippen LogP) is 2.74. The summed E-state index contributed by atoms with van der Waals surface area (Å²) in [6, 6.07) is 0. The van der Waals surface area contributed by atoms with Gasteiger partial charge in [-0.3, -0.25) is 0 Å². The van der Waals surface area contributed by atoms with Crippen molar-refractivity contribution in [3.63, 3.8) is 0 Å². The first-order valence-corrected chi connectivity index (χ1v) is 8.99. The molecule has 0 rings (SSSR count). The summed E-state index contributed by atoms with van der Waals surface area (Å²) in [5, 5.41) is 0. The molecule has 0 aliphatic heterocycles. The van der Waals surface area contributed by atoms with Crippen LogP contribution >= 0.6 is 7.26 Å². The normalized spacial score (nSPS) is 13.0. The predicted molar refractivity (Wildman–Crippen MR) is 60.2 cm³/mol. The van der Waals surface area contributed by atoms with Gasteiger partial charge in [-0.25, -0.2) is 8.42 Å². The van der Waals surface area contributed by atoms with E-state index in [-0.39, 0.29) is 0 Å². The van der Waals surface area contributed by atoms with E-state index >= 15 is 0 Å². The number of hydrogen-bond donors (Lipinski definition) is 0. The van der Waals surface area contributed by atoms with Gasteiger partial charge in [0.05, 0.1) is 18.5 Å². The van der Waals surface area contributed by atoms with E-state index in [1.54, 1.807) is 0 Å². The summed E-state index contributed by atoms with van der Waals surface area (Å²) in [4.78, 5) is 0. The van der Waals surface area contributed by atoms with E-state index in [2.05, 4.69) is 27.4 Å². The zero-order valence-electron chi connectivity index (χ0n) is 9.84. The molecule has 3 nitrogen and oxygen atoms in total. The Kier molecular flexibility index (Phi) is 7.82. The highest BCUT2D eigenvalue weighted by atomic mass is 32.2. The summed E-state index contributed by atoms with van der Waals surface area (Å²) in [6.45, 7) is 9.43. The number of hydrogen-bond acceptors (Lipinski definition) is 3. The van der Waals surface area contributed by atoms with Crippen LogP contribution in [-0.2, 0) is 10.1 Å². The molecule has 0 N–H and O–H groups in total. The van der Waals surface area contributed by atoms with E-state index in [0.717, 1.165) is 0 Å². The summed E-state index contributed by atoms with van der Waals surface area (Å²) in [6.07, 6.45) is 4.29. The average Bonchev–Trinajstić information content (AvgIpc) is 2.14. The summed E-state index contributed by atoms with van der Waals surface area (Å²) >= 11 is 0. The molecule has 0 spiro atoms. The first-order valence-electron chi connectivity index (χ1n) is 4.79. The van der Waals surface area contributed by atoms with E-state index in [1.165, 1.54) is 18.5 Å². The molecule has 0 fully saturated rings. The summed E-state index contributed by atoms with van der Waals surface area (Å²) in [5.74, 6) is 0. The minimum Gasteiger partial charge on any atom is -0.741 e. The SMILES string of the molecule is CC[P+](C)(CC)CC.O=S(=O)([O-])C(F)(F)F. The molecule has 0 aromatic heterocycles. The topological polar surface area (TPSA) is 57.2 Å². The fourth-order valence-electron chi connectivity index (χ4n) is 0.671. The van der Waals surface area contributed by atoms with E-state index in [0.29, 0.717) is 0 Å².